The van der Waals surface area contributed by atoms with Crippen LogP contribution in [0.2, 0.25) is 0 Å². The molecule has 15 heavy (non-hydrogen) atoms. The van der Waals surface area contributed by atoms with Crippen molar-refractivity contribution in [1.29, 1.82) is 0 Å². The lowest BCUT2D eigenvalue weighted by atomic mass is 9.88. The Kier molecular flexibility index (Phi) is 5.58. The Morgan fingerprint density at radius 3 is 2.93 bits per heavy atom. The summed E-state index contributed by atoms with van der Waals surface area (Å²) in [6, 6.07) is 0. The number of hydrogen-bond acceptors (Lipinski definition) is 3. The van der Waals surface area contributed by atoms with E-state index in [0.29, 0.717) is 5.41 Å². The maximum absolute atomic E-state index is 5.70. The van der Waals surface area contributed by atoms with Crippen LogP contribution in [0.3, 0.4) is 0 Å². The van der Waals surface area contributed by atoms with Gasteiger partial charge in [0.05, 0.1) is 5.51 Å². The van der Waals surface area contributed by atoms with E-state index in [1.165, 1.54) is 11.3 Å². The molecule has 0 aromatic carbocycles. The maximum Gasteiger partial charge on any atom is 0.0794 e. The second kappa shape index (κ2) is 6.46. The van der Waals surface area contributed by atoms with E-state index in [1.54, 1.807) is 11.3 Å². The summed E-state index contributed by atoms with van der Waals surface area (Å²) in [5, 5.41) is 3.46. The molecule has 1 N–H and O–H groups in total. The van der Waals surface area contributed by atoms with Crippen molar-refractivity contribution < 1.29 is 0 Å². The van der Waals surface area contributed by atoms with E-state index in [-0.39, 0.29) is 0 Å². The van der Waals surface area contributed by atoms with Crippen molar-refractivity contribution in [3.05, 3.63) is 16.6 Å². The number of aromatic nitrogens is 1. The predicted molar refractivity (Wildman–Crippen MR) is 67.6 cm³/mol. The van der Waals surface area contributed by atoms with Gasteiger partial charge in [0.1, 0.15) is 0 Å². The molecule has 1 rings (SSSR count). The normalized spacial score (nSPS) is 11.9. The Balaban J connectivity index is 2.18. The van der Waals surface area contributed by atoms with Gasteiger partial charge >= 0.3 is 0 Å². The van der Waals surface area contributed by atoms with Crippen LogP contribution < -0.4 is 5.32 Å². The highest BCUT2D eigenvalue weighted by Gasteiger charge is 2.16. The van der Waals surface area contributed by atoms with Gasteiger partial charge in [-0.15, -0.1) is 22.9 Å². The SMILES string of the molecule is CC(C)(CCCCl)CNCc1cncs1. The van der Waals surface area contributed by atoms with E-state index in [2.05, 4.69) is 24.1 Å². The summed E-state index contributed by atoms with van der Waals surface area (Å²) in [5.74, 6) is 0.762. The van der Waals surface area contributed by atoms with Gasteiger partial charge < -0.3 is 5.32 Å². The number of rotatable bonds is 7. The van der Waals surface area contributed by atoms with Crippen LogP contribution in [0.1, 0.15) is 31.6 Å². The number of hydrogen-bond donors (Lipinski definition) is 1. The van der Waals surface area contributed by atoms with Crippen LogP contribution in [0, 0.1) is 5.41 Å². The van der Waals surface area contributed by atoms with Crippen molar-refractivity contribution in [3.8, 4) is 0 Å². The van der Waals surface area contributed by atoms with Crippen molar-refractivity contribution in [1.82, 2.24) is 10.3 Å². The van der Waals surface area contributed by atoms with Crippen molar-refractivity contribution in [3.63, 3.8) is 0 Å². The highest BCUT2D eigenvalue weighted by atomic mass is 35.5. The molecule has 0 fully saturated rings. The fourth-order valence-electron chi connectivity index (χ4n) is 1.49. The fraction of sp³-hybridized carbons (Fsp3) is 0.727. The van der Waals surface area contributed by atoms with E-state index < -0.39 is 0 Å². The van der Waals surface area contributed by atoms with Gasteiger partial charge in [-0.1, -0.05) is 13.8 Å². The van der Waals surface area contributed by atoms with Crippen LogP contribution in [0.5, 0.6) is 0 Å². The van der Waals surface area contributed by atoms with Crippen LogP contribution in [0.4, 0.5) is 0 Å². The van der Waals surface area contributed by atoms with Crippen LogP contribution in [-0.2, 0) is 6.54 Å². The van der Waals surface area contributed by atoms with Gasteiger partial charge in [0, 0.05) is 30.0 Å². The Morgan fingerprint density at radius 1 is 1.53 bits per heavy atom. The fourth-order valence-corrected chi connectivity index (χ4v) is 2.19. The van der Waals surface area contributed by atoms with E-state index in [1.807, 2.05) is 11.7 Å². The molecular weight excluding hydrogens is 228 g/mol. The number of alkyl halides is 1. The lowest BCUT2D eigenvalue weighted by Crippen LogP contribution is -2.28. The minimum absolute atomic E-state index is 0.333. The lowest BCUT2D eigenvalue weighted by molar-refractivity contribution is 0.311. The van der Waals surface area contributed by atoms with Crippen LogP contribution >= 0.6 is 22.9 Å². The summed E-state index contributed by atoms with van der Waals surface area (Å²) >= 11 is 7.39. The van der Waals surface area contributed by atoms with Crippen molar-refractivity contribution in [2.75, 3.05) is 12.4 Å². The topological polar surface area (TPSA) is 24.9 Å². The Hall–Kier alpha value is -0.120. The smallest absolute Gasteiger partial charge is 0.0794 e. The molecule has 0 aliphatic carbocycles. The van der Waals surface area contributed by atoms with E-state index in [4.69, 9.17) is 11.6 Å². The number of nitrogens with zero attached hydrogens (tertiary/aromatic N) is 1. The number of nitrogens with one attached hydrogen (secondary N) is 1. The molecule has 4 heteroatoms. The molecule has 0 bridgehead atoms. The van der Waals surface area contributed by atoms with Crippen LogP contribution in [-0.4, -0.2) is 17.4 Å². The average Bonchev–Trinajstić information content (AvgIpc) is 2.67. The molecule has 0 saturated heterocycles. The van der Waals surface area contributed by atoms with Gasteiger partial charge in [0.15, 0.2) is 0 Å². The summed E-state index contributed by atoms with van der Waals surface area (Å²) in [5.41, 5.74) is 2.20. The molecule has 0 saturated carbocycles. The van der Waals surface area contributed by atoms with E-state index >= 15 is 0 Å². The Bertz CT molecular complexity index is 260. The molecule has 0 aliphatic rings. The van der Waals surface area contributed by atoms with Gasteiger partial charge in [-0.05, 0) is 18.3 Å². The molecule has 0 unspecified atom stereocenters. The summed E-state index contributed by atoms with van der Waals surface area (Å²) in [7, 11) is 0. The van der Waals surface area contributed by atoms with E-state index in [0.717, 1.165) is 25.4 Å². The van der Waals surface area contributed by atoms with Crippen molar-refractivity contribution in [2.24, 2.45) is 5.41 Å². The summed E-state index contributed by atoms with van der Waals surface area (Å²) in [6.45, 7) is 6.51. The quantitative estimate of drug-likeness (QED) is 0.747. The molecule has 2 nitrogen and oxygen atoms in total. The third-order valence-corrected chi connectivity index (χ3v) is 3.42. The lowest BCUT2D eigenvalue weighted by Gasteiger charge is -2.24. The molecule has 1 aromatic rings. The Labute approximate surface area is 101 Å². The zero-order chi connectivity index (χ0) is 11.1. The number of halogens is 1. The monoisotopic (exact) mass is 246 g/mol. The zero-order valence-corrected chi connectivity index (χ0v) is 11.0. The van der Waals surface area contributed by atoms with Crippen molar-refractivity contribution >= 4 is 22.9 Å². The third-order valence-electron chi connectivity index (χ3n) is 2.37. The summed E-state index contributed by atoms with van der Waals surface area (Å²) in [4.78, 5) is 5.34. The molecule has 1 aromatic heterocycles. The Morgan fingerprint density at radius 2 is 2.33 bits per heavy atom. The minimum atomic E-state index is 0.333. The molecular formula is C11H19ClN2S. The second-order valence-electron chi connectivity index (χ2n) is 4.53. The van der Waals surface area contributed by atoms with Gasteiger partial charge in [0.2, 0.25) is 0 Å². The first-order valence-electron chi connectivity index (χ1n) is 5.28. The first-order chi connectivity index (χ1) is 7.14. The minimum Gasteiger partial charge on any atom is -0.311 e. The van der Waals surface area contributed by atoms with Gasteiger partial charge in [-0.25, -0.2) is 0 Å². The first-order valence-corrected chi connectivity index (χ1v) is 6.69. The molecule has 0 spiro atoms. The van der Waals surface area contributed by atoms with Gasteiger partial charge in [0.25, 0.3) is 0 Å². The average molecular weight is 247 g/mol. The van der Waals surface area contributed by atoms with E-state index in [9.17, 15) is 0 Å². The number of thiazole rings is 1. The summed E-state index contributed by atoms with van der Waals surface area (Å²) < 4.78 is 0. The van der Waals surface area contributed by atoms with Crippen LogP contribution in [0.15, 0.2) is 11.7 Å². The highest BCUT2D eigenvalue weighted by Crippen LogP contribution is 2.21. The maximum atomic E-state index is 5.70. The van der Waals surface area contributed by atoms with Gasteiger partial charge in [-0.3, -0.25) is 4.98 Å². The molecule has 0 aliphatic heterocycles. The standard InChI is InChI=1S/C11H19ClN2S/c1-11(2,4-3-5-12)8-13-6-10-7-14-9-15-10/h7,9,13H,3-6,8H2,1-2H3. The first kappa shape index (κ1) is 12.9. The van der Waals surface area contributed by atoms with Gasteiger partial charge in [-0.2, -0.15) is 0 Å². The molecule has 86 valence electrons. The highest BCUT2D eigenvalue weighted by molar-refractivity contribution is 7.09. The van der Waals surface area contributed by atoms with Crippen molar-refractivity contribution in [2.45, 2.75) is 33.2 Å². The van der Waals surface area contributed by atoms with Crippen LogP contribution in [0.25, 0.3) is 0 Å². The largest absolute Gasteiger partial charge is 0.311 e. The molecule has 0 radical (unpaired) electrons. The molecule has 0 amide bonds. The zero-order valence-electron chi connectivity index (χ0n) is 9.42. The second-order valence-corrected chi connectivity index (χ2v) is 5.88. The third kappa shape index (κ3) is 5.50. The predicted octanol–water partition coefficient (Wildman–Crippen LogP) is 3.28. The molecule has 0 atom stereocenters. The summed E-state index contributed by atoms with van der Waals surface area (Å²) in [6.07, 6.45) is 4.19. The molecule has 1 heterocycles.